The SMILES string of the molecule is CCCCc1nnc(NS(=O)(=O)c2ccc(OC)c(Cl)c2)o1. The number of methoxy groups -OCH3 is 1. The number of nitrogens with zero attached hydrogens (tertiary/aromatic N) is 2. The summed E-state index contributed by atoms with van der Waals surface area (Å²) in [4.78, 5) is -0.0217. The van der Waals surface area contributed by atoms with E-state index in [2.05, 4.69) is 14.9 Å². The summed E-state index contributed by atoms with van der Waals surface area (Å²) in [5.74, 6) is 0.785. The minimum Gasteiger partial charge on any atom is -0.495 e. The van der Waals surface area contributed by atoms with Crippen molar-refractivity contribution in [2.75, 3.05) is 11.8 Å². The summed E-state index contributed by atoms with van der Waals surface area (Å²) in [6.45, 7) is 2.04. The van der Waals surface area contributed by atoms with E-state index < -0.39 is 10.0 Å². The molecule has 1 heterocycles. The number of rotatable bonds is 7. The highest BCUT2D eigenvalue weighted by Crippen LogP contribution is 2.27. The molecular formula is C13H16ClN3O4S. The van der Waals surface area contributed by atoms with E-state index in [4.69, 9.17) is 20.8 Å². The average molecular weight is 346 g/mol. The summed E-state index contributed by atoms with van der Waals surface area (Å²) in [7, 11) is -2.41. The fraction of sp³-hybridized carbons (Fsp3) is 0.385. The Bertz CT molecular complexity index is 745. The van der Waals surface area contributed by atoms with Crippen LogP contribution in [0.3, 0.4) is 0 Å². The number of halogens is 1. The third kappa shape index (κ3) is 3.89. The van der Waals surface area contributed by atoms with Crippen LogP contribution in [-0.4, -0.2) is 25.7 Å². The van der Waals surface area contributed by atoms with Crippen LogP contribution in [0.25, 0.3) is 0 Å². The maximum atomic E-state index is 12.2. The van der Waals surface area contributed by atoms with Gasteiger partial charge in [-0.25, -0.2) is 13.1 Å². The molecule has 0 aliphatic heterocycles. The molecule has 0 atom stereocenters. The largest absolute Gasteiger partial charge is 0.495 e. The van der Waals surface area contributed by atoms with Gasteiger partial charge in [-0.05, 0) is 24.6 Å². The van der Waals surface area contributed by atoms with Crippen LogP contribution in [0.5, 0.6) is 5.75 Å². The molecule has 0 spiro atoms. The molecule has 0 radical (unpaired) electrons. The monoisotopic (exact) mass is 345 g/mol. The topological polar surface area (TPSA) is 94.3 Å². The fourth-order valence-electron chi connectivity index (χ4n) is 1.71. The van der Waals surface area contributed by atoms with Gasteiger partial charge in [0.1, 0.15) is 5.75 Å². The van der Waals surface area contributed by atoms with Gasteiger partial charge in [-0.1, -0.05) is 30.0 Å². The summed E-state index contributed by atoms with van der Waals surface area (Å²) < 4.78 is 36.9. The van der Waals surface area contributed by atoms with E-state index in [0.717, 1.165) is 12.8 Å². The van der Waals surface area contributed by atoms with E-state index in [1.165, 1.54) is 25.3 Å². The van der Waals surface area contributed by atoms with Crippen molar-refractivity contribution in [2.45, 2.75) is 31.1 Å². The molecule has 120 valence electrons. The van der Waals surface area contributed by atoms with Gasteiger partial charge in [-0.2, -0.15) is 0 Å². The second-order valence-corrected chi connectivity index (χ2v) is 6.60. The summed E-state index contributed by atoms with van der Waals surface area (Å²) in [5.41, 5.74) is 0. The molecule has 1 N–H and O–H groups in total. The molecule has 0 saturated carbocycles. The standard InChI is InChI=1S/C13H16ClN3O4S/c1-3-4-5-12-15-16-13(21-12)17-22(18,19)9-6-7-11(20-2)10(14)8-9/h6-8H,3-5H2,1-2H3,(H,16,17). The molecule has 0 unspecified atom stereocenters. The fourth-order valence-corrected chi connectivity index (χ4v) is 2.98. The molecule has 9 heteroatoms. The first-order valence-corrected chi connectivity index (χ1v) is 8.51. The summed E-state index contributed by atoms with van der Waals surface area (Å²) in [5, 5.41) is 7.65. The Morgan fingerprint density at radius 2 is 2.14 bits per heavy atom. The van der Waals surface area contributed by atoms with Crippen LogP contribution >= 0.6 is 11.6 Å². The highest BCUT2D eigenvalue weighted by Gasteiger charge is 2.19. The number of hydrogen-bond acceptors (Lipinski definition) is 6. The normalized spacial score (nSPS) is 11.4. The number of sulfonamides is 1. The third-order valence-electron chi connectivity index (χ3n) is 2.87. The molecule has 0 aliphatic rings. The van der Waals surface area contributed by atoms with Crippen LogP contribution in [0, 0.1) is 0 Å². The molecule has 2 rings (SSSR count). The van der Waals surface area contributed by atoms with Crippen molar-refractivity contribution in [1.29, 1.82) is 0 Å². The Morgan fingerprint density at radius 1 is 1.36 bits per heavy atom. The molecular weight excluding hydrogens is 330 g/mol. The molecule has 0 aliphatic carbocycles. The highest BCUT2D eigenvalue weighted by atomic mass is 35.5. The molecule has 0 fully saturated rings. The van der Waals surface area contributed by atoms with Crippen molar-refractivity contribution >= 4 is 27.6 Å². The smallest absolute Gasteiger partial charge is 0.329 e. The van der Waals surface area contributed by atoms with E-state index in [0.29, 0.717) is 18.1 Å². The van der Waals surface area contributed by atoms with Crippen LogP contribution in [-0.2, 0) is 16.4 Å². The number of nitrogens with one attached hydrogen (secondary N) is 1. The first-order valence-electron chi connectivity index (χ1n) is 6.65. The number of ether oxygens (including phenoxy) is 1. The molecule has 0 saturated heterocycles. The van der Waals surface area contributed by atoms with Gasteiger partial charge >= 0.3 is 6.01 Å². The van der Waals surface area contributed by atoms with Crippen LogP contribution in [0.1, 0.15) is 25.7 Å². The van der Waals surface area contributed by atoms with Crippen molar-refractivity contribution in [1.82, 2.24) is 10.2 Å². The van der Waals surface area contributed by atoms with Crippen LogP contribution in [0.4, 0.5) is 6.01 Å². The number of aromatic nitrogens is 2. The lowest BCUT2D eigenvalue weighted by atomic mass is 10.2. The first-order chi connectivity index (χ1) is 10.5. The van der Waals surface area contributed by atoms with Crippen molar-refractivity contribution in [3.63, 3.8) is 0 Å². The number of hydrogen-bond donors (Lipinski definition) is 1. The Morgan fingerprint density at radius 3 is 2.77 bits per heavy atom. The highest BCUT2D eigenvalue weighted by molar-refractivity contribution is 7.92. The van der Waals surface area contributed by atoms with Gasteiger partial charge in [0.05, 0.1) is 17.0 Å². The molecule has 7 nitrogen and oxygen atoms in total. The summed E-state index contributed by atoms with van der Waals surface area (Å²) in [6, 6.07) is 3.97. The minimum absolute atomic E-state index is 0.0217. The van der Waals surface area contributed by atoms with E-state index >= 15 is 0 Å². The maximum Gasteiger partial charge on any atom is 0.329 e. The Kier molecular flexibility index (Phi) is 5.25. The second kappa shape index (κ2) is 6.97. The van der Waals surface area contributed by atoms with Gasteiger partial charge in [0.15, 0.2) is 0 Å². The molecule has 1 aromatic carbocycles. The van der Waals surface area contributed by atoms with Gasteiger partial charge < -0.3 is 9.15 Å². The summed E-state index contributed by atoms with van der Waals surface area (Å²) in [6.07, 6.45) is 2.48. The van der Waals surface area contributed by atoms with Gasteiger partial charge in [-0.15, -0.1) is 5.10 Å². The zero-order chi connectivity index (χ0) is 16.2. The van der Waals surface area contributed by atoms with E-state index in [1.54, 1.807) is 0 Å². The Labute approximate surface area is 133 Å². The summed E-state index contributed by atoms with van der Waals surface area (Å²) >= 11 is 5.93. The number of unbranched alkanes of at least 4 members (excludes halogenated alkanes) is 1. The quantitative estimate of drug-likeness (QED) is 0.829. The van der Waals surface area contributed by atoms with Crippen molar-refractivity contribution < 1.29 is 17.6 Å². The number of aryl methyl sites for hydroxylation is 1. The van der Waals surface area contributed by atoms with Crippen molar-refractivity contribution in [2.24, 2.45) is 0 Å². The maximum absolute atomic E-state index is 12.2. The molecule has 22 heavy (non-hydrogen) atoms. The van der Waals surface area contributed by atoms with Gasteiger partial charge in [0.2, 0.25) is 5.89 Å². The first kappa shape index (κ1) is 16.6. The van der Waals surface area contributed by atoms with Crippen LogP contribution < -0.4 is 9.46 Å². The van der Waals surface area contributed by atoms with Crippen molar-refractivity contribution in [3.05, 3.63) is 29.1 Å². The van der Waals surface area contributed by atoms with E-state index in [1.807, 2.05) is 6.92 Å². The average Bonchev–Trinajstić information content (AvgIpc) is 2.91. The molecule has 2 aromatic rings. The molecule has 0 amide bonds. The third-order valence-corrected chi connectivity index (χ3v) is 4.48. The van der Waals surface area contributed by atoms with Crippen LogP contribution in [0.15, 0.2) is 27.5 Å². The predicted molar refractivity (Wildman–Crippen MR) is 81.7 cm³/mol. The van der Waals surface area contributed by atoms with Crippen LogP contribution in [0.2, 0.25) is 5.02 Å². The number of benzene rings is 1. The lowest BCUT2D eigenvalue weighted by molar-refractivity contribution is 0.414. The minimum atomic E-state index is -3.85. The molecule has 1 aromatic heterocycles. The lowest BCUT2D eigenvalue weighted by Crippen LogP contribution is -2.13. The second-order valence-electron chi connectivity index (χ2n) is 4.51. The van der Waals surface area contributed by atoms with Gasteiger partial charge in [0, 0.05) is 6.42 Å². The zero-order valence-corrected chi connectivity index (χ0v) is 13.7. The van der Waals surface area contributed by atoms with Crippen molar-refractivity contribution in [3.8, 4) is 5.75 Å². The molecule has 0 bridgehead atoms. The Balaban J connectivity index is 2.17. The van der Waals surface area contributed by atoms with Gasteiger partial charge in [0.25, 0.3) is 10.0 Å². The number of anilines is 1. The zero-order valence-electron chi connectivity index (χ0n) is 12.2. The van der Waals surface area contributed by atoms with E-state index in [9.17, 15) is 8.42 Å². The Hall–Kier alpha value is -1.80. The predicted octanol–water partition coefficient (Wildman–Crippen LogP) is 2.88. The van der Waals surface area contributed by atoms with E-state index in [-0.39, 0.29) is 15.9 Å². The van der Waals surface area contributed by atoms with Gasteiger partial charge in [-0.3, -0.25) is 0 Å². The lowest BCUT2D eigenvalue weighted by Gasteiger charge is -2.07.